The zero-order valence-corrected chi connectivity index (χ0v) is 20.4. The molecular formula is C26H25N7O3. The molecule has 0 saturated heterocycles. The molecule has 3 heterocycles. The van der Waals surface area contributed by atoms with Gasteiger partial charge < -0.3 is 9.88 Å². The molecule has 1 N–H and O–H groups in total. The van der Waals surface area contributed by atoms with E-state index in [0.717, 1.165) is 32.6 Å². The zero-order chi connectivity index (χ0) is 25.6. The van der Waals surface area contributed by atoms with E-state index in [1.54, 1.807) is 4.68 Å². The molecule has 10 heteroatoms. The van der Waals surface area contributed by atoms with Crippen molar-refractivity contribution in [1.29, 1.82) is 0 Å². The van der Waals surface area contributed by atoms with Crippen LogP contribution in [0.1, 0.15) is 11.1 Å². The first kappa shape index (κ1) is 23.0. The number of imidazole rings is 1. The molecule has 0 aliphatic heterocycles. The highest BCUT2D eigenvalue weighted by Gasteiger charge is 2.18. The van der Waals surface area contributed by atoms with Gasteiger partial charge in [0.05, 0.1) is 17.7 Å². The molecule has 0 aliphatic carbocycles. The van der Waals surface area contributed by atoms with Gasteiger partial charge in [0, 0.05) is 25.7 Å². The van der Waals surface area contributed by atoms with Gasteiger partial charge in [-0.1, -0.05) is 35.9 Å². The minimum absolute atomic E-state index is 0.164. The van der Waals surface area contributed by atoms with Crippen LogP contribution in [0.2, 0.25) is 0 Å². The van der Waals surface area contributed by atoms with Crippen LogP contribution >= 0.6 is 0 Å². The van der Waals surface area contributed by atoms with Gasteiger partial charge >= 0.3 is 5.69 Å². The highest BCUT2D eigenvalue weighted by Crippen LogP contribution is 2.28. The summed E-state index contributed by atoms with van der Waals surface area (Å²) >= 11 is 0. The van der Waals surface area contributed by atoms with Crippen molar-refractivity contribution in [2.75, 3.05) is 5.32 Å². The lowest BCUT2D eigenvalue weighted by Gasteiger charge is -2.10. The number of aryl methyl sites for hydroxylation is 3. The molecule has 3 aromatic heterocycles. The molecule has 0 spiro atoms. The molecule has 0 saturated carbocycles. The second-order valence-electron chi connectivity index (χ2n) is 8.78. The first-order chi connectivity index (χ1) is 17.2. The summed E-state index contributed by atoms with van der Waals surface area (Å²) in [6.07, 6.45) is 1.39. The normalized spacial score (nSPS) is 11.2. The molecule has 182 valence electrons. The van der Waals surface area contributed by atoms with Crippen LogP contribution in [-0.2, 0) is 25.4 Å². The lowest BCUT2D eigenvalue weighted by molar-refractivity contribution is -0.116. The molecule has 5 aromatic rings. The van der Waals surface area contributed by atoms with Crippen molar-refractivity contribution in [3.05, 3.63) is 92.9 Å². The third-order valence-electron chi connectivity index (χ3n) is 6.18. The van der Waals surface area contributed by atoms with E-state index in [4.69, 9.17) is 5.10 Å². The standard InChI is InChI=1S/C26H25N7O3/c1-16-10-11-17(2)19(12-16)20-13-21(33(29-20)18-8-6-5-7-9-18)28-22(34)14-32-15-27-24-23(32)25(35)31(4)26(36)30(24)3/h5-13,15H,14H2,1-4H3,(H,28,34). The first-order valence-electron chi connectivity index (χ1n) is 11.4. The van der Waals surface area contributed by atoms with Crippen LogP contribution in [0.5, 0.6) is 0 Å². The minimum atomic E-state index is -0.509. The molecular weight excluding hydrogens is 458 g/mol. The van der Waals surface area contributed by atoms with E-state index in [2.05, 4.69) is 16.4 Å². The van der Waals surface area contributed by atoms with Crippen LogP contribution in [-0.4, -0.2) is 34.4 Å². The van der Waals surface area contributed by atoms with Crippen LogP contribution in [0.4, 0.5) is 5.82 Å². The average molecular weight is 484 g/mol. The van der Waals surface area contributed by atoms with Gasteiger partial charge in [0.1, 0.15) is 12.4 Å². The van der Waals surface area contributed by atoms with Crippen molar-refractivity contribution < 1.29 is 4.79 Å². The average Bonchev–Trinajstić information content (AvgIpc) is 3.48. The molecule has 5 rings (SSSR count). The summed E-state index contributed by atoms with van der Waals surface area (Å²) in [5.74, 6) is 0.127. The second kappa shape index (κ2) is 8.81. The quantitative estimate of drug-likeness (QED) is 0.413. The molecule has 0 unspecified atom stereocenters. The Morgan fingerprint density at radius 3 is 2.47 bits per heavy atom. The fraction of sp³-hybridized carbons (Fsp3) is 0.192. The van der Waals surface area contributed by atoms with Gasteiger partial charge in [0.15, 0.2) is 11.2 Å². The molecule has 0 atom stereocenters. The number of aromatic nitrogens is 6. The van der Waals surface area contributed by atoms with Crippen molar-refractivity contribution in [1.82, 2.24) is 28.5 Å². The number of amides is 1. The summed E-state index contributed by atoms with van der Waals surface area (Å²) in [7, 11) is 2.93. The highest BCUT2D eigenvalue weighted by atomic mass is 16.2. The van der Waals surface area contributed by atoms with Crippen molar-refractivity contribution in [3.8, 4) is 16.9 Å². The van der Waals surface area contributed by atoms with Gasteiger partial charge in [-0.05, 0) is 37.6 Å². The van der Waals surface area contributed by atoms with Crippen LogP contribution in [0.15, 0.2) is 70.5 Å². The van der Waals surface area contributed by atoms with E-state index < -0.39 is 11.2 Å². The minimum Gasteiger partial charge on any atom is -0.315 e. The maximum absolute atomic E-state index is 13.1. The Balaban J connectivity index is 1.53. The number of carbonyl (C=O) groups is 1. The Morgan fingerprint density at radius 1 is 0.972 bits per heavy atom. The van der Waals surface area contributed by atoms with Gasteiger partial charge in [-0.3, -0.25) is 18.7 Å². The lowest BCUT2D eigenvalue weighted by Crippen LogP contribution is -2.37. The van der Waals surface area contributed by atoms with Crippen molar-refractivity contribution >= 4 is 22.9 Å². The summed E-state index contributed by atoms with van der Waals surface area (Å²) < 4.78 is 5.41. The van der Waals surface area contributed by atoms with Crippen LogP contribution in [0, 0.1) is 13.8 Å². The number of carbonyl (C=O) groups excluding carboxylic acids is 1. The third-order valence-corrected chi connectivity index (χ3v) is 6.18. The molecule has 0 fully saturated rings. The van der Waals surface area contributed by atoms with E-state index in [0.29, 0.717) is 5.82 Å². The van der Waals surface area contributed by atoms with Crippen LogP contribution in [0.3, 0.4) is 0 Å². The fourth-order valence-corrected chi connectivity index (χ4v) is 4.23. The van der Waals surface area contributed by atoms with Crippen molar-refractivity contribution in [2.45, 2.75) is 20.4 Å². The monoisotopic (exact) mass is 483 g/mol. The number of nitrogens with one attached hydrogen (secondary N) is 1. The second-order valence-corrected chi connectivity index (χ2v) is 8.78. The first-order valence-corrected chi connectivity index (χ1v) is 11.4. The topological polar surface area (TPSA) is 109 Å². The third kappa shape index (κ3) is 3.92. The fourth-order valence-electron chi connectivity index (χ4n) is 4.23. The van der Waals surface area contributed by atoms with Gasteiger partial charge in [-0.15, -0.1) is 0 Å². The molecule has 10 nitrogen and oxygen atoms in total. The van der Waals surface area contributed by atoms with Gasteiger partial charge in [-0.25, -0.2) is 14.5 Å². The maximum Gasteiger partial charge on any atom is 0.332 e. The molecule has 0 aliphatic rings. The Bertz CT molecular complexity index is 1740. The predicted octanol–water partition coefficient (Wildman–Crippen LogP) is 2.54. The molecule has 1 amide bonds. The van der Waals surface area contributed by atoms with E-state index in [1.165, 1.54) is 29.6 Å². The Morgan fingerprint density at radius 2 is 1.72 bits per heavy atom. The Kier molecular flexibility index (Phi) is 5.63. The Hall–Kier alpha value is -4.73. The predicted molar refractivity (Wildman–Crippen MR) is 137 cm³/mol. The number of fused-ring (bicyclic) bond motifs is 1. The summed E-state index contributed by atoms with van der Waals surface area (Å²) in [6, 6.07) is 17.5. The van der Waals surface area contributed by atoms with Gasteiger partial charge in [0.2, 0.25) is 5.91 Å². The van der Waals surface area contributed by atoms with E-state index in [9.17, 15) is 14.4 Å². The molecule has 0 bridgehead atoms. The Labute approximate surface area is 206 Å². The zero-order valence-electron chi connectivity index (χ0n) is 20.4. The summed E-state index contributed by atoms with van der Waals surface area (Å²) in [6.45, 7) is 3.88. The van der Waals surface area contributed by atoms with Crippen LogP contribution in [0.25, 0.3) is 28.1 Å². The van der Waals surface area contributed by atoms with Gasteiger partial charge in [0.25, 0.3) is 5.56 Å². The van der Waals surface area contributed by atoms with E-state index >= 15 is 0 Å². The molecule has 36 heavy (non-hydrogen) atoms. The van der Waals surface area contributed by atoms with Crippen LogP contribution < -0.4 is 16.6 Å². The van der Waals surface area contributed by atoms with Gasteiger partial charge in [-0.2, -0.15) is 5.10 Å². The largest absolute Gasteiger partial charge is 0.332 e. The smallest absolute Gasteiger partial charge is 0.315 e. The van der Waals surface area contributed by atoms with Crippen molar-refractivity contribution in [3.63, 3.8) is 0 Å². The number of hydrogen-bond acceptors (Lipinski definition) is 5. The van der Waals surface area contributed by atoms with Crippen molar-refractivity contribution in [2.24, 2.45) is 14.1 Å². The SMILES string of the molecule is Cc1ccc(C)c(-c2cc(NC(=O)Cn3cnc4c3c(=O)n(C)c(=O)n4C)n(-c3ccccc3)n2)c1. The number of anilines is 1. The lowest BCUT2D eigenvalue weighted by atomic mass is 10.0. The number of nitrogens with zero attached hydrogens (tertiary/aromatic N) is 6. The summed E-state index contributed by atoms with van der Waals surface area (Å²) in [5.41, 5.74) is 4.10. The summed E-state index contributed by atoms with van der Waals surface area (Å²) in [5, 5.41) is 7.72. The maximum atomic E-state index is 13.1. The van der Waals surface area contributed by atoms with E-state index in [-0.39, 0.29) is 23.6 Å². The number of benzene rings is 2. The number of hydrogen-bond donors (Lipinski definition) is 1. The summed E-state index contributed by atoms with van der Waals surface area (Å²) in [4.78, 5) is 42.3. The highest BCUT2D eigenvalue weighted by molar-refractivity contribution is 5.91. The number of para-hydroxylation sites is 1. The number of rotatable bonds is 5. The van der Waals surface area contributed by atoms with E-state index in [1.807, 2.05) is 62.4 Å². The molecule has 2 aromatic carbocycles. The molecule has 0 radical (unpaired) electrons.